The maximum atomic E-state index is 12.5. The molecule has 0 atom stereocenters. The third-order valence-corrected chi connectivity index (χ3v) is 4.17. The van der Waals surface area contributed by atoms with Crippen LogP contribution in [0, 0.1) is 6.92 Å². The first kappa shape index (κ1) is 16.6. The van der Waals surface area contributed by atoms with Gasteiger partial charge in [0.05, 0.1) is 12.2 Å². The molecule has 2 heterocycles. The molecule has 0 aliphatic carbocycles. The van der Waals surface area contributed by atoms with E-state index >= 15 is 0 Å². The summed E-state index contributed by atoms with van der Waals surface area (Å²) < 4.78 is 3.42. The third-order valence-electron chi connectivity index (χ3n) is 4.17. The number of amides is 1. The van der Waals surface area contributed by atoms with Crippen molar-refractivity contribution in [1.82, 2.24) is 30.0 Å². The van der Waals surface area contributed by atoms with Gasteiger partial charge in [0.25, 0.3) is 5.91 Å². The van der Waals surface area contributed by atoms with Crippen molar-refractivity contribution in [2.45, 2.75) is 13.5 Å². The molecular formula is C19H17N7O. The van der Waals surface area contributed by atoms with Gasteiger partial charge in [0, 0.05) is 23.6 Å². The molecule has 1 N–H and O–H groups in total. The maximum Gasteiger partial charge on any atom is 0.255 e. The van der Waals surface area contributed by atoms with Gasteiger partial charge in [0.2, 0.25) is 0 Å². The quantitative estimate of drug-likeness (QED) is 0.591. The summed E-state index contributed by atoms with van der Waals surface area (Å²) in [5, 5.41) is 18.3. The van der Waals surface area contributed by atoms with Gasteiger partial charge in [0.15, 0.2) is 0 Å². The molecule has 8 nitrogen and oxygen atoms in total. The van der Waals surface area contributed by atoms with Crippen molar-refractivity contribution in [1.29, 1.82) is 0 Å². The Kier molecular flexibility index (Phi) is 4.44. The minimum Gasteiger partial charge on any atom is -0.322 e. The Morgan fingerprint density at radius 1 is 1.15 bits per heavy atom. The van der Waals surface area contributed by atoms with Crippen molar-refractivity contribution in [3.63, 3.8) is 0 Å². The monoisotopic (exact) mass is 359 g/mol. The van der Waals surface area contributed by atoms with E-state index in [0.717, 1.165) is 22.5 Å². The highest BCUT2D eigenvalue weighted by Crippen LogP contribution is 2.18. The Labute approximate surface area is 155 Å². The number of aryl methyl sites for hydroxylation is 1. The number of anilines is 1. The van der Waals surface area contributed by atoms with Crippen LogP contribution in [0.15, 0.2) is 67.3 Å². The molecule has 0 unspecified atom stereocenters. The second-order valence-electron chi connectivity index (χ2n) is 6.11. The third kappa shape index (κ3) is 3.74. The second kappa shape index (κ2) is 7.20. The fourth-order valence-electron chi connectivity index (χ4n) is 2.81. The average Bonchev–Trinajstić information content (AvgIpc) is 3.36. The summed E-state index contributed by atoms with van der Waals surface area (Å²) in [5.74, 6) is -0.157. The molecule has 1 amide bonds. The summed E-state index contributed by atoms with van der Waals surface area (Å²) in [6, 6.07) is 15.0. The molecule has 8 heteroatoms. The van der Waals surface area contributed by atoms with Crippen molar-refractivity contribution in [3.8, 4) is 5.69 Å². The molecule has 134 valence electrons. The molecular weight excluding hydrogens is 342 g/mol. The molecule has 0 aliphatic heterocycles. The normalized spacial score (nSPS) is 10.7. The lowest BCUT2D eigenvalue weighted by Gasteiger charge is -2.10. The first-order valence-electron chi connectivity index (χ1n) is 8.41. The molecule has 27 heavy (non-hydrogen) atoms. The minimum atomic E-state index is -0.157. The van der Waals surface area contributed by atoms with Crippen molar-refractivity contribution >= 4 is 11.6 Å². The number of hydrogen-bond acceptors (Lipinski definition) is 5. The number of nitrogens with zero attached hydrogens (tertiary/aromatic N) is 6. The molecule has 0 fully saturated rings. The van der Waals surface area contributed by atoms with Gasteiger partial charge in [-0.2, -0.15) is 5.10 Å². The lowest BCUT2D eigenvalue weighted by molar-refractivity contribution is 0.102. The molecule has 0 saturated heterocycles. The fraction of sp³-hybridized carbons (Fsp3) is 0.105. The highest BCUT2D eigenvalue weighted by atomic mass is 16.1. The number of carbonyl (C=O) groups excluding carboxylic acids is 1. The van der Waals surface area contributed by atoms with E-state index in [0.29, 0.717) is 12.1 Å². The van der Waals surface area contributed by atoms with Gasteiger partial charge in [-0.05, 0) is 64.9 Å². The van der Waals surface area contributed by atoms with E-state index in [1.54, 1.807) is 10.9 Å². The zero-order chi connectivity index (χ0) is 18.6. The zero-order valence-corrected chi connectivity index (χ0v) is 14.6. The summed E-state index contributed by atoms with van der Waals surface area (Å²) in [7, 11) is 0. The lowest BCUT2D eigenvalue weighted by atomic mass is 10.1. The average molecular weight is 359 g/mol. The van der Waals surface area contributed by atoms with Crippen LogP contribution in [0.5, 0.6) is 0 Å². The van der Waals surface area contributed by atoms with E-state index in [9.17, 15) is 4.79 Å². The Morgan fingerprint density at radius 2 is 2.00 bits per heavy atom. The van der Waals surface area contributed by atoms with Gasteiger partial charge >= 0.3 is 0 Å². The molecule has 0 spiro atoms. The fourth-order valence-corrected chi connectivity index (χ4v) is 2.81. The lowest BCUT2D eigenvalue weighted by Crippen LogP contribution is -2.12. The molecule has 2 aromatic carbocycles. The molecule has 0 saturated carbocycles. The number of benzene rings is 2. The summed E-state index contributed by atoms with van der Waals surface area (Å²) >= 11 is 0. The van der Waals surface area contributed by atoms with Crippen molar-refractivity contribution in [2.75, 3.05) is 5.32 Å². The van der Waals surface area contributed by atoms with Crippen LogP contribution in [-0.4, -0.2) is 35.9 Å². The molecule has 0 aliphatic rings. The largest absolute Gasteiger partial charge is 0.322 e. The van der Waals surface area contributed by atoms with Crippen LogP contribution in [0.25, 0.3) is 5.69 Å². The van der Waals surface area contributed by atoms with Crippen LogP contribution in [0.4, 0.5) is 5.69 Å². The van der Waals surface area contributed by atoms with Gasteiger partial charge in [0.1, 0.15) is 6.33 Å². The van der Waals surface area contributed by atoms with Gasteiger partial charge in [-0.15, -0.1) is 5.10 Å². The summed E-state index contributed by atoms with van der Waals surface area (Å²) in [6.07, 6.45) is 5.18. The highest BCUT2D eigenvalue weighted by Gasteiger charge is 2.09. The molecule has 0 bridgehead atoms. The van der Waals surface area contributed by atoms with Crippen molar-refractivity contribution in [3.05, 3.63) is 83.9 Å². The van der Waals surface area contributed by atoms with Crippen molar-refractivity contribution in [2.24, 2.45) is 0 Å². The highest BCUT2D eigenvalue weighted by molar-refractivity contribution is 6.04. The summed E-state index contributed by atoms with van der Waals surface area (Å²) in [6.45, 7) is 2.61. The van der Waals surface area contributed by atoms with E-state index in [-0.39, 0.29) is 5.91 Å². The molecule has 4 aromatic rings. The van der Waals surface area contributed by atoms with E-state index < -0.39 is 0 Å². The number of nitrogens with one attached hydrogen (secondary N) is 1. The number of hydrogen-bond donors (Lipinski definition) is 1. The van der Waals surface area contributed by atoms with Gasteiger partial charge < -0.3 is 5.32 Å². The topological polar surface area (TPSA) is 90.5 Å². The van der Waals surface area contributed by atoms with Crippen LogP contribution in [0.1, 0.15) is 21.5 Å². The van der Waals surface area contributed by atoms with Crippen LogP contribution in [0.2, 0.25) is 0 Å². The van der Waals surface area contributed by atoms with Crippen molar-refractivity contribution < 1.29 is 4.79 Å². The van der Waals surface area contributed by atoms with Crippen LogP contribution in [0.3, 0.4) is 0 Å². The second-order valence-corrected chi connectivity index (χ2v) is 6.11. The Hall–Kier alpha value is -3.81. The zero-order valence-electron chi connectivity index (χ0n) is 14.6. The van der Waals surface area contributed by atoms with E-state index in [1.165, 1.54) is 6.33 Å². The summed E-state index contributed by atoms with van der Waals surface area (Å²) in [4.78, 5) is 12.5. The van der Waals surface area contributed by atoms with E-state index in [2.05, 4.69) is 25.9 Å². The molecule has 0 radical (unpaired) electrons. The van der Waals surface area contributed by atoms with Crippen LogP contribution < -0.4 is 5.32 Å². The Balaban J connectivity index is 1.45. The first-order chi connectivity index (χ1) is 13.2. The van der Waals surface area contributed by atoms with Gasteiger partial charge in [-0.25, -0.2) is 4.68 Å². The smallest absolute Gasteiger partial charge is 0.255 e. The van der Waals surface area contributed by atoms with E-state index in [4.69, 9.17) is 0 Å². The van der Waals surface area contributed by atoms with Gasteiger partial charge in [-0.1, -0.05) is 12.1 Å². The number of tetrazole rings is 1. The SMILES string of the molecule is Cc1cc(NC(=O)c2ccc(Cn3cccn3)cc2)ccc1-n1cnnn1. The number of aromatic nitrogens is 6. The standard InChI is InChI=1S/C19H17N7O/c1-14-11-17(7-8-18(14)26-13-20-23-24-26)22-19(27)16-5-3-15(4-6-16)12-25-10-2-9-21-25/h2-11,13H,12H2,1H3,(H,22,27). The minimum absolute atomic E-state index is 0.157. The predicted octanol–water partition coefficient (Wildman–Crippen LogP) is 2.47. The van der Waals surface area contributed by atoms with E-state index in [1.807, 2.05) is 66.3 Å². The predicted molar refractivity (Wildman–Crippen MR) is 99.6 cm³/mol. The van der Waals surface area contributed by atoms with Crippen LogP contribution >= 0.6 is 0 Å². The number of rotatable bonds is 5. The Morgan fingerprint density at radius 3 is 2.67 bits per heavy atom. The number of carbonyl (C=O) groups is 1. The van der Waals surface area contributed by atoms with Gasteiger partial charge in [-0.3, -0.25) is 9.48 Å². The first-order valence-corrected chi connectivity index (χ1v) is 8.41. The molecule has 2 aromatic heterocycles. The van der Waals surface area contributed by atoms with Crippen LogP contribution in [-0.2, 0) is 6.54 Å². The summed E-state index contributed by atoms with van der Waals surface area (Å²) in [5.41, 5.74) is 4.21. The Bertz CT molecular complexity index is 1040. The maximum absolute atomic E-state index is 12.5. The molecule has 4 rings (SSSR count).